The first-order valence-corrected chi connectivity index (χ1v) is 11.0. The summed E-state index contributed by atoms with van der Waals surface area (Å²) in [6.07, 6.45) is 1.17. The van der Waals surface area contributed by atoms with Gasteiger partial charge in [-0.1, -0.05) is 0 Å². The normalized spacial score (nSPS) is 11.7. The first kappa shape index (κ1) is 19.9. The van der Waals surface area contributed by atoms with Crippen LogP contribution in [-0.4, -0.2) is 6.16 Å². The summed E-state index contributed by atoms with van der Waals surface area (Å²) in [7, 11) is -1.97. The van der Waals surface area contributed by atoms with Crippen molar-refractivity contribution in [1.82, 2.24) is 0 Å². The van der Waals surface area contributed by atoms with Crippen molar-refractivity contribution in [3.05, 3.63) is 89.5 Å². The van der Waals surface area contributed by atoms with E-state index < -0.39 is 7.26 Å². The maximum atomic E-state index is 2.35. The summed E-state index contributed by atoms with van der Waals surface area (Å²) in [5.74, 6) is 0. The number of aryl methyl sites for hydroxylation is 3. The molecular formula is C23H28BrP. The van der Waals surface area contributed by atoms with Gasteiger partial charge in [-0.05, 0) is 0 Å². The third-order valence-electron chi connectivity index (χ3n) is 5.16. The van der Waals surface area contributed by atoms with Crippen LogP contribution in [0, 0.1) is 20.8 Å². The van der Waals surface area contributed by atoms with Crippen LogP contribution in [0.5, 0.6) is 0 Å². The third kappa shape index (κ3) is 3.89. The number of benzene rings is 3. The van der Waals surface area contributed by atoms with E-state index in [0.717, 1.165) is 0 Å². The van der Waals surface area contributed by atoms with E-state index in [-0.39, 0.29) is 17.0 Å². The molecule has 0 nitrogen and oxygen atoms in total. The Labute approximate surface area is 163 Å². The van der Waals surface area contributed by atoms with Gasteiger partial charge in [-0.15, -0.1) is 17.0 Å². The van der Waals surface area contributed by atoms with Crippen LogP contribution in [0.1, 0.15) is 23.6 Å². The number of hydrogen-bond acceptors (Lipinski definition) is 0. The molecule has 3 aromatic rings. The van der Waals surface area contributed by atoms with Crippen LogP contribution >= 0.6 is 24.2 Å². The monoisotopic (exact) mass is 414 g/mol. The Kier molecular flexibility index (Phi) is 6.60. The summed E-state index contributed by atoms with van der Waals surface area (Å²) in [6, 6.07) is 27.7. The Hall–Kier alpha value is -1.43. The minimum atomic E-state index is -1.97. The van der Waals surface area contributed by atoms with Crippen LogP contribution in [0.4, 0.5) is 0 Å². The van der Waals surface area contributed by atoms with E-state index in [1.165, 1.54) is 38.8 Å². The van der Waals surface area contributed by atoms with Gasteiger partial charge in [-0.25, -0.2) is 0 Å². The average molecular weight is 415 g/mol. The molecule has 0 aliphatic carbocycles. The van der Waals surface area contributed by atoms with Crippen LogP contribution in [0.2, 0.25) is 0 Å². The Balaban J connectivity index is 0.00000225. The van der Waals surface area contributed by atoms with E-state index in [1.54, 1.807) is 0 Å². The quantitative estimate of drug-likeness (QED) is 0.512. The molecule has 0 aliphatic heterocycles. The molecule has 3 rings (SSSR count). The predicted octanol–water partition coefficient (Wildman–Crippen LogP) is 5.24. The van der Waals surface area contributed by atoms with Gasteiger partial charge in [0.1, 0.15) is 0 Å². The summed E-state index contributed by atoms with van der Waals surface area (Å²) in [5, 5.41) is 4.51. The molecule has 0 unspecified atom stereocenters. The topological polar surface area (TPSA) is 0 Å². The molecular weight excluding hydrogens is 387 g/mol. The van der Waals surface area contributed by atoms with Crippen molar-refractivity contribution in [3.63, 3.8) is 0 Å². The standard InChI is InChI=1S/C23H27P.BrH/c1-5-24(21-12-6-18(2)7-13-21,22-14-8-19(3)9-15-22)23-16-10-20(4)11-17-23;/h6-17,24H,5H2,1-4H3;1H. The molecule has 0 saturated carbocycles. The SMILES string of the molecule is Br.CC[PH](c1ccc(C)cc1)(c1ccc(C)cc1)c1ccc(C)cc1. The van der Waals surface area contributed by atoms with Crippen LogP contribution in [0.3, 0.4) is 0 Å². The summed E-state index contributed by atoms with van der Waals surface area (Å²) >= 11 is 0. The Bertz CT molecular complexity index is 691. The molecule has 0 bridgehead atoms. The van der Waals surface area contributed by atoms with Gasteiger partial charge in [0.25, 0.3) is 0 Å². The zero-order chi connectivity index (χ0) is 17.2. The fraction of sp³-hybridized carbons (Fsp3) is 0.217. The van der Waals surface area contributed by atoms with E-state index in [9.17, 15) is 0 Å². The molecule has 0 amide bonds. The molecule has 0 spiro atoms. The first-order chi connectivity index (χ1) is 11.6. The molecule has 0 heterocycles. The van der Waals surface area contributed by atoms with Crippen molar-refractivity contribution in [2.45, 2.75) is 27.7 Å². The van der Waals surface area contributed by atoms with Crippen molar-refractivity contribution in [3.8, 4) is 0 Å². The fourth-order valence-corrected chi connectivity index (χ4v) is 8.06. The predicted molar refractivity (Wildman–Crippen MR) is 122 cm³/mol. The number of halogens is 1. The van der Waals surface area contributed by atoms with Crippen LogP contribution < -0.4 is 15.9 Å². The van der Waals surface area contributed by atoms with Gasteiger partial charge in [-0.2, -0.15) is 0 Å². The maximum absolute atomic E-state index is 2.35. The van der Waals surface area contributed by atoms with Gasteiger partial charge in [0.2, 0.25) is 0 Å². The van der Waals surface area contributed by atoms with Gasteiger partial charge in [0.15, 0.2) is 0 Å². The molecule has 25 heavy (non-hydrogen) atoms. The van der Waals surface area contributed by atoms with Crippen molar-refractivity contribution in [1.29, 1.82) is 0 Å². The van der Waals surface area contributed by atoms with E-state index in [4.69, 9.17) is 0 Å². The van der Waals surface area contributed by atoms with Crippen molar-refractivity contribution in [2.75, 3.05) is 6.16 Å². The van der Waals surface area contributed by atoms with Gasteiger partial charge in [-0.3, -0.25) is 0 Å². The zero-order valence-corrected chi connectivity index (χ0v) is 18.3. The Morgan fingerprint density at radius 3 is 0.960 bits per heavy atom. The Morgan fingerprint density at radius 1 is 0.520 bits per heavy atom. The second-order valence-corrected chi connectivity index (χ2v) is 11.1. The molecule has 132 valence electrons. The average Bonchev–Trinajstić information content (AvgIpc) is 2.60. The zero-order valence-electron chi connectivity index (χ0n) is 15.5. The van der Waals surface area contributed by atoms with Gasteiger partial charge < -0.3 is 0 Å². The number of rotatable bonds is 4. The molecule has 0 fully saturated rings. The van der Waals surface area contributed by atoms with Gasteiger partial charge in [0, 0.05) is 0 Å². The molecule has 0 N–H and O–H groups in total. The third-order valence-corrected chi connectivity index (χ3v) is 10.2. The second kappa shape index (κ2) is 8.30. The Morgan fingerprint density at radius 2 is 0.760 bits per heavy atom. The summed E-state index contributed by atoms with van der Waals surface area (Å²) in [6.45, 7) is 8.84. The van der Waals surface area contributed by atoms with Crippen molar-refractivity contribution >= 4 is 40.2 Å². The van der Waals surface area contributed by atoms with E-state index in [0.29, 0.717) is 0 Å². The van der Waals surface area contributed by atoms with Crippen LogP contribution in [-0.2, 0) is 0 Å². The molecule has 0 atom stereocenters. The van der Waals surface area contributed by atoms with E-state index in [1.807, 2.05) is 0 Å². The molecule has 0 saturated heterocycles. The molecule has 0 radical (unpaired) electrons. The molecule has 2 heteroatoms. The minimum absolute atomic E-state index is 0. The molecule has 3 aromatic carbocycles. The van der Waals surface area contributed by atoms with Gasteiger partial charge >= 0.3 is 147 Å². The van der Waals surface area contributed by atoms with Crippen molar-refractivity contribution < 1.29 is 0 Å². The summed E-state index contributed by atoms with van der Waals surface area (Å²) in [5.41, 5.74) is 3.97. The van der Waals surface area contributed by atoms with Crippen LogP contribution in [0.25, 0.3) is 0 Å². The number of hydrogen-bond donors (Lipinski definition) is 0. The fourth-order valence-electron chi connectivity index (χ4n) is 3.63. The second-order valence-electron chi connectivity index (χ2n) is 6.86. The van der Waals surface area contributed by atoms with Crippen molar-refractivity contribution in [2.24, 2.45) is 0 Å². The summed E-state index contributed by atoms with van der Waals surface area (Å²) in [4.78, 5) is 0. The summed E-state index contributed by atoms with van der Waals surface area (Å²) < 4.78 is 0. The molecule has 0 aliphatic rings. The van der Waals surface area contributed by atoms with E-state index >= 15 is 0 Å². The molecule has 0 aromatic heterocycles. The van der Waals surface area contributed by atoms with Crippen LogP contribution in [0.15, 0.2) is 72.8 Å². The van der Waals surface area contributed by atoms with E-state index in [2.05, 4.69) is 100 Å². The first-order valence-electron chi connectivity index (χ1n) is 8.77. The van der Waals surface area contributed by atoms with Gasteiger partial charge in [0.05, 0.1) is 0 Å².